The molecule has 1 saturated carbocycles. The number of carbonyl (C=O) groups excluding carboxylic acids is 1. The molecule has 1 amide bonds. The van der Waals surface area contributed by atoms with E-state index >= 15 is 0 Å². The highest BCUT2D eigenvalue weighted by molar-refractivity contribution is 9.10. The second-order valence-electron chi connectivity index (χ2n) is 5.64. The highest BCUT2D eigenvalue weighted by atomic mass is 79.9. The van der Waals surface area contributed by atoms with Gasteiger partial charge in [0, 0.05) is 10.2 Å². The minimum Gasteiger partial charge on any atom is -0.409 e. The fourth-order valence-electron chi connectivity index (χ4n) is 3.01. The lowest BCUT2D eigenvalue weighted by atomic mass is 9.83. The van der Waals surface area contributed by atoms with Gasteiger partial charge in [-0.25, -0.2) is 0 Å². The van der Waals surface area contributed by atoms with Crippen LogP contribution in [0.1, 0.15) is 36.8 Å². The molecule has 0 heterocycles. The van der Waals surface area contributed by atoms with Crippen molar-refractivity contribution in [1.29, 1.82) is 0 Å². The predicted molar refractivity (Wildman–Crippen MR) is 86.6 cm³/mol. The van der Waals surface area contributed by atoms with E-state index in [0.29, 0.717) is 12.8 Å². The maximum absolute atomic E-state index is 12.7. The maximum Gasteiger partial charge on any atom is 0.238 e. The number of carbonyl (C=O) groups is 1. The van der Waals surface area contributed by atoms with E-state index in [1.165, 1.54) is 0 Å². The lowest BCUT2D eigenvalue weighted by molar-refractivity contribution is -0.122. The average molecular weight is 354 g/mol. The molecule has 2 rings (SSSR count). The van der Waals surface area contributed by atoms with Crippen LogP contribution < -0.4 is 11.1 Å². The zero-order valence-electron chi connectivity index (χ0n) is 12.2. The number of hydrogen-bond donors (Lipinski definition) is 3. The van der Waals surface area contributed by atoms with E-state index in [2.05, 4.69) is 26.4 Å². The number of benzene rings is 1. The third-order valence-electron chi connectivity index (χ3n) is 4.23. The Morgan fingerprint density at radius 1 is 1.33 bits per heavy atom. The Kier molecular flexibility index (Phi) is 4.56. The Balaban J connectivity index is 2.33. The fraction of sp³-hybridized carbons (Fsp3) is 0.467. The van der Waals surface area contributed by atoms with Crippen molar-refractivity contribution in [2.45, 2.75) is 39.5 Å². The SMILES string of the molecule is Cc1cc(Br)cc(C)c1NC(=O)C1(C(N)=NO)CCCC1. The number of aryl methyl sites for hydroxylation is 2. The first kappa shape index (κ1) is 15.8. The Morgan fingerprint density at radius 3 is 2.33 bits per heavy atom. The minimum atomic E-state index is -0.888. The van der Waals surface area contributed by atoms with Crippen LogP contribution in [0.15, 0.2) is 21.8 Å². The van der Waals surface area contributed by atoms with Crippen LogP contribution in [0.5, 0.6) is 0 Å². The molecule has 1 aliphatic rings. The maximum atomic E-state index is 12.7. The van der Waals surface area contributed by atoms with Crippen LogP contribution in [0, 0.1) is 19.3 Å². The molecule has 1 fully saturated rings. The normalized spacial score (nSPS) is 17.8. The molecule has 0 unspecified atom stereocenters. The molecular weight excluding hydrogens is 334 g/mol. The summed E-state index contributed by atoms with van der Waals surface area (Å²) in [6.07, 6.45) is 3.04. The van der Waals surface area contributed by atoms with Gasteiger partial charge in [-0.15, -0.1) is 0 Å². The van der Waals surface area contributed by atoms with Gasteiger partial charge in [-0.2, -0.15) is 0 Å². The monoisotopic (exact) mass is 353 g/mol. The van der Waals surface area contributed by atoms with Gasteiger partial charge in [-0.3, -0.25) is 4.79 Å². The molecule has 6 heteroatoms. The summed E-state index contributed by atoms with van der Waals surface area (Å²) in [4.78, 5) is 12.7. The van der Waals surface area contributed by atoms with Crippen LogP contribution >= 0.6 is 15.9 Å². The van der Waals surface area contributed by atoms with Crippen LogP contribution in [0.4, 0.5) is 5.69 Å². The quantitative estimate of drug-likeness (QED) is 0.337. The molecule has 114 valence electrons. The fourth-order valence-corrected chi connectivity index (χ4v) is 3.70. The van der Waals surface area contributed by atoms with Gasteiger partial charge in [0.2, 0.25) is 5.91 Å². The third kappa shape index (κ3) is 2.90. The summed E-state index contributed by atoms with van der Waals surface area (Å²) in [5.74, 6) is -0.186. The van der Waals surface area contributed by atoms with Gasteiger partial charge in [0.15, 0.2) is 5.84 Å². The van der Waals surface area contributed by atoms with Crippen molar-refractivity contribution in [3.05, 3.63) is 27.7 Å². The van der Waals surface area contributed by atoms with Gasteiger partial charge < -0.3 is 16.3 Å². The van der Waals surface area contributed by atoms with Crippen LogP contribution in [-0.2, 0) is 4.79 Å². The zero-order chi connectivity index (χ0) is 15.6. The molecule has 0 bridgehead atoms. The van der Waals surface area contributed by atoms with Gasteiger partial charge in [-0.05, 0) is 49.9 Å². The molecule has 5 nitrogen and oxygen atoms in total. The number of hydrogen-bond acceptors (Lipinski definition) is 3. The van der Waals surface area contributed by atoms with Crippen LogP contribution in [0.25, 0.3) is 0 Å². The van der Waals surface area contributed by atoms with Crippen molar-refractivity contribution in [2.75, 3.05) is 5.32 Å². The van der Waals surface area contributed by atoms with Crippen molar-refractivity contribution < 1.29 is 10.0 Å². The smallest absolute Gasteiger partial charge is 0.238 e. The molecule has 0 saturated heterocycles. The number of nitrogens with two attached hydrogens (primary N) is 1. The van der Waals surface area contributed by atoms with Crippen molar-refractivity contribution in [2.24, 2.45) is 16.3 Å². The molecule has 21 heavy (non-hydrogen) atoms. The first-order valence-electron chi connectivity index (χ1n) is 6.97. The van der Waals surface area contributed by atoms with Crippen LogP contribution in [-0.4, -0.2) is 17.0 Å². The van der Waals surface area contributed by atoms with Crippen molar-refractivity contribution in [1.82, 2.24) is 0 Å². The molecule has 0 aliphatic heterocycles. The highest BCUT2D eigenvalue weighted by Gasteiger charge is 2.45. The largest absolute Gasteiger partial charge is 0.409 e. The topological polar surface area (TPSA) is 87.7 Å². The number of amidine groups is 1. The van der Waals surface area contributed by atoms with E-state index in [0.717, 1.165) is 34.1 Å². The second-order valence-corrected chi connectivity index (χ2v) is 6.56. The van der Waals surface area contributed by atoms with Crippen molar-refractivity contribution >= 4 is 33.4 Å². The Labute approximate surface area is 132 Å². The number of rotatable bonds is 3. The lowest BCUT2D eigenvalue weighted by Crippen LogP contribution is -2.45. The van der Waals surface area contributed by atoms with Crippen molar-refractivity contribution in [3.63, 3.8) is 0 Å². The summed E-state index contributed by atoms with van der Waals surface area (Å²) in [7, 11) is 0. The molecule has 1 aromatic carbocycles. The molecule has 0 aromatic heterocycles. The van der Waals surface area contributed by atoms with Crippen LogP contribution in [0.2, 0.25) is 0 Å². The van der Waals surface area contributed by atoms with E-state index in [1.54, 1.807) is 0 Å². The molecule has 4 N–H and O–H groups in total. The first-order valence-corrected chi connectivity index (χ1v) is 7.76. The summed E-state index contributed by atoms with van der Waals surface area (Å²) in [6.45, 7) is 3.89. The zero-order valence-corrected chi connectivity index (χ0v) is 13.8. The molecule has 0 radical (unpaired) electrons. The summed E-state index contributed by atoms with van der Waals surface area (Å²) < 4.78 is 0.975. The van der Waals surface area contributed by atoms with E-state index in [9.17, 15) is 4.79 Å². The number of oxime groups is 1. The van der Waals surface area contributed by atoms with Crippen molar-refractivity contribution in [3.8, 4) is 0 Å². The second kappa shape index (κ2) is 6.05. The number of nitrogens with zero attached hydrogens (tertiary/aromatic N) is 1. The van der Waals surface area contributed by atoms with E-state index in [4.69, 9.17) is 10.9 Å². The Hall–Kier alpha value is -1.56. The third-order valence-corrected chi connectivity index (χ3v) is 4.68. The summed E-state index contributed by atoms with van der Waals surface area (Å²) in [6, 6.07) is 3.90. The number of anilines is 1. The molecule has 1 aromatic rings. The standard InChI is InChI=1S/C15H20BrN3O2/c1-9-7-11(16)8-10(2)12(9)18-14(20)15(13(17)19-21)5-3-4-6-15/h7-8,21H,3-6H2,1-2H3,(H2,17,19)(H,18,20). The minimum absolute atomic E-state index is 0.00455. The average Bonchev–Trinajstić information content (AvgIpc) is 2.92. The van der Waals surface area contributed by atoms with E-state index < -0.39 is 5.41 Å². The number of nitrogens with one attached hydrogen (secondary N) is 1. The summed E-state index contributed by atoms with van der Waals surface area (Å²) >= 11 is 3.44. The van der Waals surface area contributed by atoms with Gasteiger partial charge in [0.05, 0.1) is 0 Å². The van der Waals surface area contributed by atoms with Gasteiger partial charge in [-0.1, -0.05) is 33.9 Å². The molecule has 0 spiro atoms. The molecular formula is C15H20BrN3O2. The Bertz CT molecular complexity index is 570. The van der Waals surface area contributed by atoms with Gasteiger partial charge in [0.25, 0.3) is 0 Å². The molecule has 1 aliphatic carbocycles. The van der Waals surface area contributed by atoms with E-state index in [-0.39, 0.29) is 11.7 Å². The number of amides is 1. The lowest BCUT2D eigenvalue weighted by Gasteiger charge is -2.27. The highest BCUT2D eigenvalue weighted by Crippen LogP contribution is 2.40. The van der Waals surface area contributed by atoms with Crippen LogP contribution in [0.3, 0.4) is 0 Å². The number of halogens is 1. The predicted octanol–water partition coefficient (Wildman–Crippen LogP) is 3.31. The Morgan fingerprint density at radius 2 is 1.86 bits per heavy atom. The summed E-state index contributed by atoms with van der Waals surface area (Å²) in [5.41, 5.74) is 7.65. The van der Waals surface area contributed by atoms with Gasteiger partial charge in [0.1, 0.15) is 5.41 Å². The first-order chi connectivity index (χ1) is 9.90. The van der Waals surface area contributed by atoms with E-state index in [1.807, 2.05) is 26.0 Å². The molecule has 0 atom stereocenters. The van der Waals surface area contributed by atoms with Gasteiger partial charge >= 0.3 is 0 Å². The summed E-state index contributed by atoms with van der Waals surface area (Å²) in [5, 5.41) is 15.1.